The Morgan fingerprint density at radius 2 is 1.82 bits per heavy atom. The Labute approximate surface area is 136 Å². The van der Waals surface area contributed by atoms with Crippen LogP contribution in [-0.2, 0) is 11.2 Å². The predicted molar refractivity (Wildman–Crippen MR) is 92.8 cm³/mol. The van der Waals surface area contributed by atoms with Gasteiger partial charge in [-0.25, -0.2) is 4.98 Å². The van der Waals surface area contributed by atoms with Crippen molar-refractivity contribution < 1.29 is 4.79 Å². The molecule has 0 saturated heterocycles. The van der Waals surface area contributed by atoms with E-state index in [1.54, 1.807) is 11.3 Å². The molecule has 2 rings (SSSR count). The maximum absolute atomic E-state index is 12.4. The molecule has 2 N–H and O–H groups in total. The number of hydrogen-bond acceptors (Lipinski definition) is 4. The third kappa shape index (κ3) is 4.31. The zero-order valence-electron chi connectivity index (χ0n) is 13.2. The minimum atomic E-state index is 0.168. The summed E-state index contributed by atoms with van der Waals surface area (Å²) in [5.74, 6) is 0.168. The molecule has 2 aromatic rings. The number of carbonyl (C=O) groups is 1. The number of hydrogen-bond donors (Lipinski definition) is 1. The minimum absolute atomic E-state index is 0.168. The molecule has 0 bridgehead atoms. The van der Waals surface area contributed by atoms with E-state index in [0.29, 0.717) is 6.42 Å². The number of benzene rings is 1. The Morgan fingerprint density at radius 3 is 2.41 bits per heavy atom. The molecule has 0 aliphatic carbocycles. The first-order chi connectivity index (χ1) is 10.6. The molecule has 1 amide bonds. The highest BCUT2D eigenvalue weighted by Gasteiger charge is 2.15. The first kappa shape index (κ1) is 16.5. The molecule has 0 aliphatic heterocycles. The van der Waals surface area contributed by atoms with Gasteiger partial charge in [0.15, 0.2) is 0 Å². The van der Waals surface area contributed by atoms with E-state index < -0.39 is 0 Å². The van der Waals surface area contributed by atoms with Gasteiger partial charge in [-0.15, -0.1) is 11.3 Å². The number of carbonyl (C=O) groups excluding carboxylic acids is 1. The van der Waals surface area contributed by atoms with Crippen LogP contribution >= 0.6 is 11.3 Å². The van der Waals surface area contributed by atoms with Gasteiger partial charge in [0.05, 0.1) is 12.1 Å². The van der Waals surface area contributed by atoms with Crippen LogP contribution < -0.4 is 5.73 Å². The Balaban J connectivity index is 2.05. The third-order valence-corrected chi connectivity index (χ3v) is 4.25. The number of nitrogens with two attached hydrogens (primary N) is 1. The van der Waals surface area contributed by atoms with Crippen LogP contribution in [0.15, 0.2) is 29.6 Å². The maximum Gasteiger partial charge on any atom is 0.229 e. The second-order valence-electron chi connectivity index (χ2n) is 5.31. The summed E-state index contributed by atoms with van der Waals surface area (Å²) in [5, 5.41) is 2.87. The Bertz CT molecular complexity index is 601. The van der Waals surface area contributed by atoms with Gasteiger partial charge in [-0.05, 0) is 25.0 Å². The van der Waals surface area contributed by atoms with Crippen molar-refractivity contribution in [3.8, 4) is 11.3 Å². The van der Waals surface area contributed by atoms with Crippen molar-refractivity contribution in [1.82, 2.24) is 9.88 Å². The van der Waals surface area contributed by atoms with E-state index in [4.69, 9.17) is 5.73 Å². The fraction of sp³-hybridized carbons (Fsp3) is 0.412. The molecular weight excluding hydrogens is 294 g/mol. The summed E-state index contributed by atoms with van der Waals surface area (Å²) in [4.78, 5) is 18.9. The van der Waals surface area contributed by atoms with E-state index in [1.807, 2.05) is 34.5 Å². The molecule has 0 radical (unpaired) electrons. The summed E-state index contributed by atoms with van der Waals surface area (Å²) in [5.41, 5.74) is 8.38. The van der Waals surface area contributed by atoms with E-state index in [9.17, 15) is 4.79 Å². The number of nitrogen functional groups attached to an aromatic ring is 1. The van der Waals surface area contributed by atoms with Crippen molar-refractivity contribution in [2.45, 2.75) is 33.1 Å². The van der Waals surface area contributed by atoms with Crippen molar-refractivity contribution in [1.29, 1.82) is 0 Å². The average molecular weight is 317 g/mol. The topological polar surface area (TPSA) is 59.2 Å². The van der Waals surface area contributed by atoms with E-state index in [0.717, 1.165) is 47.9 Å². The highest BCUT2D eigenvalue weighted by Crippen LogP contribution is 2.23. The normalized spacial score (nSPS) is 10.6. The average Bonchev–Trinajstić information content (AvgIpc) is 2.96. The Morgan fingerprint density at radius 1 is 1.18 bits per heavy atom. The van der Waals surface area contributed by atoms with Crippen LogP contribution in [0.4, 0.5) is 5.69 Å². The molecule has 0 saturated carbocycles. The standard InChI is InChI=1S/C17H23N3OS/c1-3-9-20(10-4-2)17(21)11-16-19-15(12-22-16)13-5-7-14(18)8-6-13/h5-8,12H,3-4,9-11,18H2,1-2H3. The lowest BCUT2D eigenvalue weighted by Crippen LogP contribution is -2.33. The molecule has 0 spiro atoms. The van der Waals surface area contributed by atoms with Crippen LogP contribution in [0.3, 0.4) is 0 Å². The smallest absolute Gasteiger partial charge is 0.229 e. The summed E-state index contributed by atoms with van der Waals surface area (Å²) in [6.45, 7) is 5.84. The zero-order chi connectivity index (χ0) is 15.9. The molecule has 4 nitrogen and oxygen atoms in total. The van der Waals surface area contributed by atoms with Gasteiger partial charge in [0, 0.05) is 29.7 Å². The monoisotopic (exact) mass is 317 g/mol. The van der Waals surface area contributed by atoms with Crippen molar-refractivity contribution in [2.24, 2.45) is 0 Å². The number of rotatable bonds is 7. The largest absolute Gasteiger partial charge is 0.399 e. The summed E-state index contributed by atoms with van der Waals surface area (Å²) in [6, 6.07) is 7.64. The van der Waals surface area contributed by atoms with E-state index in [1.165, 1.54) is 0 Å². The molecule has 5 heteroatoms. The molecule has 0 atom stereocenters. The summed E-state index contributed by atoms with van der Waals surface area (Å²) >= 11 is 1.54. The van der Waals surface area contributed by atoms with Crippen molar-refractivity contribution in [3.63, 3.8) is 0 Å². The number of amides is 1. The van der Waals surface area contributed by atoms with Gasteiger partial charge in [0.25, 0.3) is 0 Å². The minimum Gasteiger partial charge on any atom is -0.399 e. The molecule has 118 valence electrons. The van der Waals surface area contributed by atoms with Crippen molar-refractivity contribution in [2.75, 3.05) is 18.8 Å². The molecule has 1 heterocycles. The predicted octanol–water partition coefficient (Wildman–Crippen LogP) is 3.58. The number of thiazole rings is 1. The second-order valence-corrected chi connectivity index (χ2v) is 6.25. The SMILES string of the molecule is CCCN(CCC)C(=O)Cc1nc(-c2ccc(N)cc2)cs1. The van der Waals surface area contributed by atoms with Crippen LogP contribution in [0.25, 0.3) is 11.3 Å². The van der Waals surface area contributed by atoms with Crippen LogP contribution in [0.5, 0.6) is 0 Å². The Hall–Kier alpha value is -1.88. The van der Waals surface area contributed by atoms with Crippen LogP contribution in [0.2, 0.25) is 0 Å². The zero-order valence-corrected chi connectivity index (χ0v) is 14.0. The molecule has 22 heavy (non-hydrogen) atoms. The lowest BCUT2D eigenvalue weighted by molar-refractivity contribution is -0.130. The molecular formula is C17H23N3OS. The van der Waals surface area contributed by atoms with Crippen molar-refractivity contribution >= 4 is 22.9 Å². The van der Waals surface area contributed by atoms with Gasteiger partial charge in [-0.2, -0.15) is 0 Å². The molecule has 0 unspecified atom stereocenters. The lowest BCUT2D eigenvalue weighted by Gasteiger charge is -2.20. The van der Waals surface area contributed by atoms with Gasteiger partial charge in [0.2, 0.25) is 5.91 Å². The number of aromatic nitrogens is 1. The fourth-order valence-corrected chi connectivity index (χ4v) is 3.12. The summed E-state index contributed by atoms with van der Waals surface area (Å²) in [7, 11) is 0. The first-order valence-corrected chi connectivity index (χ1v) is 8.60. The first-order valence-electron chi connectivity index (χ1n) is 7.72. The second kappa shape index (κ2) is 7.94. The Kier molecular flexibility index (Phi) is 5.95. The maximum atomic E-state index is 12.4. The molecule has 0 fully saturated rings. The van der Waals surface area contributed by atoms with Gasteiger partial charge in [0.1, 0.15) is 5.01 Å². The number of nitrogens with zero attached hydrogens (tertiary/aromatic N) is 2. The molecule has 1 aromatic heterocycles. The van der Waals surface area contributed by atoms with Crippen LogP contribution in [0, 0.1) is 0 Å². The lowest BCUT2D eigenvalue weighted by atomic mass is 10.1. The van der Waals surface area contributed by atoms with E-state index in [-0.39, 0.29) is 5.91 Å². The van der Waals surface area contributed by atoms with Gasteiger partial charge >= 0.3 is 0 Å². The summed E-state index contributed by atoms with van der Waals surface area (Å²) in [6.07, 6.45) is 2.36. The van der Waals surface area contributed by atoms with Gasteiger partial charge in [-0.1, -0.05) is 26.0 Å². The molecule has 0 aliphatic rings. The quantitative estimate of drug-likeness (QED) is 0.794. The molecule has 1 aromatic carbocycles. The van der Waals surface area contributed by atoms with Crippen LogP contribution in [0.1, 0.15) is 31.7 Å². The highest BCUT2D eigenvalue weighted by molar-refractivity contribution is 7.10. The highest BCUT2D eigenvalue weighted by atomic mass is 32.1. The van der Waals surface area contributed by atoms with Crippen molar-refractivity contribution in [3.05, 3.63) is 34.7 Å². The summed E-state index contributed by atoms with van der Waals surface area (Å²) < 4.78 is 0. The number of anilines is 1. The fourth-order valence-electron chi connectivity index (χ4n) is 2.32. The van der Waals surface area contributed by atoms with E-state index >= 15 is 0 Å². The van der Waals surface area contributed by atoms with Gasteiger partial charge in [-0.3, -0.25) is 4.79 Å². The van der Waals surface area contributed by atoms with E-state index in [2.05, 4.69) is 18.8 Å². The third-order valence-electron chi connectivity index (χ3n) is 3.40. The van der Waals surface area contributed by atoms with Gasteiger partial charge < -0.3 is 10.6 Å². The van der Waals surface area contributed by atoms with Crippen LogP contribution in [-0.4, -0.2) is 28.9 Å².